The smallest absolute Gasteiger partial charge is 0.224 e. The Morgan fingerprint density at radius 3 is 2.79 bits per heavy atom. The van der Waals surface area contributed by atoms with Crippen LogP contribution in [0.25, 0.3) is 5.69 Å². The van der Waals surface area contributed by atoms with Crippen LogP contribution in [0.3, 0.4) is 0 Å². The molecule has 0 spiro atoms. The number of aromatic nitrogens is 4. The maximum Gasteiger partial charge on any atom is 0.224 e. The molecular weight excluding hydrogens is 356 g/mol. The first-order valence-electron chi connectivity index (χ1n) is 9.13. The van der Waals surface area contributed by atoms with Gasteiger partial charge in [0, 0.05) is 12.1 Å². The lowest BCUT2D eigenvalue weighted by molar-refractivity contribution is -0.121. The number of hydrogen-bond donors (Lipinski definition) is 2. The highest BCUT2D eigenvalue weighted by molar-refractivity contribution is 5.93. The van der Waals surface area contributed by atoms with Crippen molar-refractivity contribution in [1.29, 1.82) is 0 Å². The molecule has 2 N–H and O–H groups in total. The van der Waals surface area contributed by atoms with E-state index >= 15 is 0 Å². The lowest BCUT2D eigenvalue weighted by atomic mass is 9.97. The molecule has 1 aliphatic heterocycles. The molecule has 142 valence electrons. The standard InChI is InChI=1S/C20H20N6O2/c1-13(15-4-8-18-16(11-15)5-9-19(27)23-18)22-20(28)10-14-2-6-17(7-3-14)26-12-21-24-25-26/h2-4,6-8,11-13H,5,9-10H2,1H3,(H,22,28)(H,23,27). The van der Waals surface area contributed by atoms with Gasteiger partial charge in [-0.1, -0.05) is 24.3 Å². The van der Waals surface area contributed by atoms with Gasteiger partial charge in [0.05, 0.1) is 18.2 Å². The molecule has 2 heterocycles. The lowest BCUT2D eigenvalue weighted by Gasteiger charge is -2.20. The van der Waals surface area contributed by atoms with Gasteiger partial charge in [-0.15, -0.1) is 5.10 Å². The van der Waals surface area contributed by atoms with Gasteiger partial charge in [-0.3, -0.25) is 9.59 Å². The summed E-state index contributed by atoms with van der Waals surface area (Å²) in [6.45, 7) is 1.96. The van der Waals surface area contributed by atoms with Gasteiger partial charge >= 0.3 is 0 Å². The van der Waals surface area contributed by atoms with Gasteiger partial charge in [0.25, 0.3) is 0 Å². The zero-order valence-electron chi connectivity index (χ0n) is 15.4. The number of fused-ring (bicyclic) bond motifs is 1. The first kappa shape index (κ1) is 17.8. The first-order chi connectivity index (χ1) is 13.6. The average molecular weight is 376 g/mol. The van der Waals surface area contributed by atoms with Crippen LogP contribution in [0.15, 0.2) is 48.8 Å². The third kappa shape index (κ3) is 3.90. The molecule has 2 aromatic carbocycles. The summed E-state index contributed by atoms with van der Waals surface area (Å²) in [7, 11) is 0. The maximum atomic E-state index is 12.4. The van der Waals surface area contributed by atoms with Crippen molar-refractivity contribution in [1.82, 2.24) is 25.5 Å². The minimum Gasteiger partial charge on any atom is -0.349 e. The molecule has 0 saturated heterocycles. The SMILES string of the molecule is CC(NC(=O)Cc1ccc(-n2cnnn2)cc1)c1ccc2c(c1)CCC(=O)N2. The second-order valence-corrected chi connectivity index (χ2v) is 6.85. The molecular formula is C20H20N6O2. The Labute approximate surface area is 162 Å². The second kappa shape index (κ2) is 7.59. The van der Waals surface area contributed by atoms with Crippen LogP contribution in [-0.4, -0.2) is 32.0 Å². The van der Waals surface area contributed by atoms with Crippen LogP contribution in [0, 0.1) is 0 Å². The minimum absolute atomic E-state index is 0.0475. The summed E-state index contributed by atoms with van der Waals surface area (Å²) in [5.74, 6) is 0.00129. The number of rotatable bonds is 5. The highest BCUT2D eigenvalue weighted by Gasteiger charge is 2.17. The normalized spacial score (nSPS) is 14.1. The monoisotopic (exact) mass is 376 g/mol. The zero-order valence-corrected chi connectivity index (χ0v) is 15.4. The first-order valence-corrected chi connectivity index (χ1v) is 9.13. The molecule has 1 aromatic heterocycles. The van der Waals surface area contributed by atoms with E-state index in [9.17, 15) is 9.59 Å². The Bertz CT molecular complexity index is 998. The number of anilines is 1. The fraction of sp³-hybridized carbons (Fsp3) is 0.250. The summed E-state index contributed by atoms with van der Waals surface area (Å²) in [6, 6.07) is 13.3. The van der Waals surface area contributed by atoms with Crippen molar-refractivity contribution in [2.24, 2.45) is 0 Å². The number of amides is 2. The molecule has 8 heteroatoms. The number of nitrogens with zero attached hydrogens (tertiary/aromatic N) is 4. The van der Waals surface area contributed by atoms with E-state index in [1.807, 2.05) is 43.3 Å². The topological polar surface area (TPSA) is 102 Å². The third-order valence-corrected chi connectivity index (χ3v) is 4.82. The zero-order chi connectivity index (χ0) is 19.5. The molecule has 0 bridgehead atoms. The third-order valence-electron chi connectivity index (χ3n) is 4.82. The molecule has 0 fully saturated rings. The van der Waals surface area contributed by atoms with E-state index < -0.39 is 0 Å². The number of nitrogens with one attached hydrogen (secondary N) is 2. The second-order valence-electron chi connectivity index (χ2n) is 6.85. The number of tetrazole rings is 1. The molecule has 28 heavy (non-hydrogen) atoms. The van der Waals surface area contributed by atoms with Gasteiger partial charge in [-0.05, 0) is 58.7 Å². The van der Waals surface area contributed by atoms with Gasteiger partial charge < -0.3 is 10.6 Å². The summed E-state index contributed by atoms with van der Waals surface area (Å²) in [4.78, 5) is 23.9. The maximum absolute atomic E-state index is 12.4. The predicted molar refractivity (Wildman–Crippen MR) is 103 cm³/mol. The van der Waals surface area contributed by atoms with E-state index in [1.165, 1.54) is 6.33 Å². The van der Waals surface area contributed by atoms with Crippen molar-refractivity contribution < 1.29 is 9.59 Å². The Balaban J connectivity index is 1.37. The fourth-order valence-electron chi connectivity index (χ4n) is 3.28. The Morgan fingerprint density at radius 1 is 1.21 bits per heavy atom. The highest BCUT2D eigenvalue weighted by atomic mass is 16.2. The van der Waals surface area contributed by atoms with Crippen molar-refractivity contribution in [2.45, 2.75) is 32.2 Å². The van der Waals surface area contributed by atoms with E-state index in [0.717, 1.165) is 34.5 Å². The number of aryl methyl sites for hydroxylation is 1. The fourth-order valence-corrected chi connectivity index (χ4v) is 3.28. The van der Waals surface area contributed by atoms with Crippen LogP contribution in [0.1, 0.15) is 36.1 Å². The number of carbonyl (C=O) groups is 2. The quantitative estimate of drug-likeness (QED) is 0.709. The van der Waals surface area contributed by atoms with Crippen LogP contribution < -0.4 is 10.6 Å². The van der Waals surface area contributed by atoms with Crippen molar-refractivity contribution in [3.63, 3.8) is 0 Å². The molecule has 1 atom stereocenters. The van der Waals surface area contributed by atoms with Crippen LogP contribution in [0.4, 0.5) is 5.69 Å². The summed E-state index contributed by atoms with van der Waals surface area (Å²) in [5, 5.41) is 17.0. The van der Waals surface area contributed by atoms with E-state index in [4.69, 9.17) is 0 Å². The van der Waals surface area contributed by atoms with E-state index in [-0.39, 0.29) is 17.9 Å². The van der Waals surface area contributed by atoms with E-state index in [1.54, 1.807) is 4.68 Å². The van der Waals surface area contributed by atoms with Crippen LogP contribution in [0.2, 0.25) is 0 Å². The van der Waals surface area contributed by atoms with Crippen LogP contribution in [-0.2, 0) is 22.4 Å². The van der Waals surface area contributed by atoms with E-state index in [2.05, 4.69) is 32.2 Å². The Morgan fingerprint density at radius 2 is 2.04 bits per heavy atom. The molecule has 0 saturated carbocycles. The highest BCUT2D eigenvalue weighted by Crippen LogP contribution is 2.26. The largest absolute Gasteiger partial charge is 0.349 e. The summed E-state index contributed by atoms with van der Waals surface area (Å²) in [5.41, 5.74) is 4.74. The summed E-state index contributed by atoms with van der Waals surface area (Å²) in [6.07, 6.45) is 3.04. The molecule has 1 aliphatic rings. The van der Waals surface area contributed by atoms with Crippen molar-refractivity contribution >= 4 is 17.5 Å². The molecule has 2 amide bonds. The van der Waals surface area contributed by atoms with E-state index in [0.29, 0.717) is 12.8 Å². The van der Waals surface area contributed by atoms with Crippen LogP contribution in [0.5, 0.6) is 0 Å². The lowest BCUT2D eigenvalue weighted by Crippen LogP contribution is -2.28. The van der Waals surface area contributed by atoms with Crippen molar-refractivity contribution in [2.75, 3.05) is 5.32 Å². The molecule has 1 unspecified atom stereocenters. The van der Waals surface area contributed by atoms with Gasteiger partial charge in [0.15, 0.2) is 0 Å². The molecule has 0 radical (unpaired) electrons. The molecule has 0 aliphatic carbocycles. The predicted octanol–water partition coefficient (Wildman–Crippen LogP) is 1.97. The minimum atomic E-state index is -0.115. The number of carbonyl (C=O) groups excluding carboxylic acids is 2. The summed E-state index contributed by atoms with van der Waals surface area (Å²) >= 11 is 0. The van der Waals surface area contributed by atoms with Gasteiger partial charge in [0.2, 0.25) is 11.8 Å². The number of benzene rings is 2. The van der Waals surface area contributed by atoms with Crippen LogP contribution >= 0.6 is 0 Å². The Kier molecular flexibility index (Phi) is 4.84. The van der Waals surface area contributed by atoms with Gasteiger partial charge in [-0.2, -0.15) is 0 Å². The average Bonchev–Trinajstić information content (AvgIpc) is 3.23. The summed E-state index contributed by atoms with van der Waals surface area (Å²) < 4.78 is 1.56. The van der Waals surface area contributed by atoms with Gasteiger partial charge in [-0.25, -0.2) is 4.68 Å². The van der Waals surface area contributed by atoms with Crippen molar-refractivity contribution in [3.8, 4) is 5.69 Å². The number of hydrogen-bond acceptors (Lipinski definition) is 5. The molecule has 3 aromatic rings. The van der Waals surface area contributed by atoms with Crippen molar-refractivity contribution in [3.05, 3.63) is 65.5 Å². The van der Waals surface area contributed by atoms with Gasteiger partial charge in [0.1, 0.15) is 6.33 Å². The molecule has 4 rings (SSSR count). The molecule has 8 nitrogen and oxygen atoms in total. The Hall–Kier alpha value is -3.55.